The molecule has 0 saturated carbocycles. The van der Waals surface area contributed by atoms with Gasteiger partial charge in [-0.15, -0.1) is 0 Å². The maximum absolute atomic E-state index is 11.5. The predicted octanol–water partition coefficient (Wildman–Crippen LogP) is 3.54. The number of carboxylic acid groups (broad SMARTS) is 2. The summed E-state index contributed by atoms with van der Waals surface area (Å²) >= 11 is 0. The number of carbonyl (C=O) groups excluding carboxylic acids is 1. The molecule has 0 aliphatic carbocycles. The first-order valence-corrected chi connectivity index (χ1v) is 8.23. The van der Waals surface area contributed by atoms with E-state index in [0.29, 0.717) is 6.42 Å². The maximum atomic E-state index is 11.5. The van der Waals surface area contributed by atoms with Gasteiger partial charge in [0, 0.05) is 12.5 Å². The molecule has 132 valence electrons. The fourth-order valence-electron chi connectivity index (χ4n) is 2.29. The fourth-order valence-corrected chi connectivity index (χ4v) is 2.29. The Kier molecular flexibility index (Phi) is 10.7. The molecule has 0 aromatic heterocycles. The van der Waals surface area contributed by atoms with Crippen molar-refractivity contribution >= 4 is 17.9 Å². The van der Waals surface area contributed by atoms with Crippen LogP contribution in [0.1, 0.15) is 71.6 Å². The third-order valence-corrected chi connectivity index (χ3v) is 3.65. The van der Waals surface area contributed by atoms with Crippen LogP contribution in [0.25, 0.3) is 0 Å². The highest BCUT2D eigenvalue weighted by atomic mass is 16.6. The van der Waals surface area contributed by atoms with Crippen molar-refractivity contribution in [1.82, 2.24) is 0 Å². The Hall–Kier alpha value is -1.85. The van der Waals surface area contributed by atoms with Gasteiger partial charge in [0.1, 0.15) is 0 Å². The minimum absolute atomic E-state index is 0.226. The molecule has 0 heterocycles. The van der Waals surface area contributed by atoms with E-state index in [9.17, 15) is 24.6 Å². The highest BCUT2D eigenvalue weighted by Gasteiger charge is 2.50. The average molecular weight is 328 g/mol. The van der Waals surface area contributed by atoms with Gasteiger partial charge in [-0.1, -0.05) is 57.9 Å². The summed E-state index contributed by atoms with van der Waals surface area (Å²) in [5, 5.41) is 18.5. The summed E-state index contributed by atoms with van der Waals surface area (Å²) in [7, 11) is 0. The largest absolute Gasteiger partial charge is 0.478 e. The molecule has 0 aliphatic rings. The van der Waals surface area contributed by atoms with Crippen LogP contribution in [0.2, 0.25) is 0 Å². The van der Waals surface area contributed by atoms with Gasteiger partial charge in [-0.05, 0) is 13.3 Å². The predicted molar refractivity (Wildman–Crippen MR) is 86.1 cm³/mol. The van der Waals surface area contributed by atoms with Crippen molar-refractivity contribution in [3.8, 4) is 0 Å². The molecule has 0 amide bonds. The van der Waals surface area contributed by atoms with Crippen molar-refractivity contribution in [2.75, 3.05) is 0 Å². The second-order valence-electron chi connectivity index (χ2n) is 5.58. The van der Waals surface area contributed by atoms with Crippen molar-refractivity contribution in [3.63, 3.8) is 0 Å². The first kappa shape index (κ1) is 21.1. The van der Waals surface area contributed by atoms with Crippen LogP contribution in [-0.4, -0.2) is 33.7 Å². The van der Waals surface area contributed by atoms with Gasteiger partial charge >= 0.3 is 23.5 Å². The van der Waals surface area contributed by atoms with Gasteiger partial charge in [0.15, 0.2) is 0 Å². The third kappa shape index (κ3) is 7.81. The number of hydrogen-bond donors (Lipinski definition) is 2. The molecule has 23 heavy (non-hydrogen) atoms. The molecule has 0 atom stereocenters. The number of aliphatic carboxylic acids is 2. The van der Waals surface area contributed by atoms with E-state index >= 15 is 0 Å². The van der Waals surface area contributed by atoms with Crippen LogP contribution in [-0.2, 0) is 19.1 Å². The molecule has 0 aromatic carbocycles. The van der Waals surface area contributed by atoms with Crippen molar-refractivity contribution < 1.29 is 29.3 Å². The zero-order chi connectivity index (χ0) is 17.7. The summed E-state index contributed by atoms with van der Waals surface area (Å²) in [6, 6.07) is 0. The van der Waals surface area contributed by atoms with Gasteiger partial charge in [-0.2, -0.15) is 0 Å². The minimum atomic E-state index is -2.50. The molecule has 0 aliphatic heterocycles. The maximum Gasteiger partial charge on any atom is 0.360 e. The highest BCUT2D eigenvalue weighted by molar-refractivity contribution is 6.04. The number of hydrogen-bond acceptors (Lipinski definition) is 4. The quantitative estimate of drug-likeness (QED) is 0.232. The van der Waals surface area contributed by atoms with Crippen LogP contribution < -0.4 is 0 Å². The number of unbranched alkanes of at least 4 members (excludes halogenated alkanes) is 7. The molecule has 0 radical (unpaired) electrons. The Morgan fingerprint density at radius 1 is 0.913 bits per heavy atom. The van der Waals surface area contributed by atoms with Crippen molar-refractivity contribution in [2.24, 2.45) is 0 Å². The Morgan fingerprint density at radius 2 is 1.39 bits per heavy atom. The number of rotatable bonds is 13. The Morgan fingerprint density at radius 3 is 1.83 bits per heavy atom. The number of ether oxygens (including phenoxy) is 1. The highest BCUT2D eigenvalue weighted by Crippen LogP contribution is 2.22. The van der Waals surface area contributed by atoms with Gasteiger partial charge in [0.25, 0.3) is 0 Å². The van der Waals surface area contributed by atoms with Crippen LogP contribution in [0, 0.1) is 0 Å². The molecule has 0 rings (SSSR count). The van der Waals surface area contributed by atoms with Crippen LogP contribution in [0.4, 0.5) is 0 Å². The van der Waals surface area contributed by atoms with Gasteiger partial charge in [-0.3, -0.25) is 0 Å². The molecular formula is C17H28O6. The lowest BCUT2D eigenvalue weighted by Crippen LogP contribution is -2.50. The lowest BCUT2D eigenvalue weighted by atomic mass is 9.95. The lowest BCUT2D eigenvalue weighted by molar-refractivity contribution is -0.189. The van der Waals surface area contributed by atoms with E-state index in [2.05, 4.69) is 6.92 Å². The topological polar surface area (TPSA) is 101 Å². The van der Waals surface area contributed by atoms with Crippen molar-refractivity contribution in [1.29, 1.82) is 0 Å². The SMILES string of the molecule is CC=CC(=O)OC(CCCCCCCCCC)(C(=O)O)C(=O)O. The molecule has 0 bridgehead atoms. The minimum Gasteiger partial charge on any atom is -0.478 e. The van der Waals surface area contributed by atoms with Crippen LogP contribution in [0.15, 0.2) is 12.2 Å². The second-order valence-corrected chi connectivity index (χ2v) is 5.58. The molecule has 2 N–H and O–H groups in total. The lowest BCUT2D eigenvalue weighted by Gasteiger charge is -2.24. The van der Waals surface area contributed by atoms with Gasteiger partial charge in [0.2, 0.25) is 0 Å². The van der Waals surface area contributed by atoms with E-state index in [1.54, 1.807) is 6.92 Å². The molecule has 0 aromatic rings. The van der Waals surface area contributed by atoms with Crippen molar-refractivity contribution in [2.45, 2.75) is 77.2 Å². The van der Waals surface area contributed by atoms with Gasteiger partial charge in [0.05, 0.1) is 0 Å². The molecule has 0 fully saturated rings. The number of carbonyl (C=O) groups is 3. The summed E-state index contributed by atoms with van der Waals surface area (Å²) in [5.74, 6) is -4.26. The average Bonchev–Trinajstić information content (AvgIpc) is 2.48. The zero-order valence-corrected chi connectivity index (χ0v) is 14.0. The van der Waals surface area contributed by atoms with Gasteiger partial charge < -0.3 is 14.9 Å². The fraction of sp³-hybridized carbons (Fsp3) is 0.706. The molecular weight excluding hydrogens is 300 g/mol. The zero-order valence-electron chi connectivity index (χ0n) is 14.0. The molecule has 0 unspecified atom stereocenters. The summed E-state index contributed by atoms with van der Waals surface area (Å²) in [4.78, 5) is 34.2. The van der Waals surface area contributed by atoms with Crippen LogP contribution in [0.3, 0.4) is 0 Å². The second kappa shape index (κ2) is 11.7. The first-order valence-electron chi connectivity index (χ1n) is 8.23. The van der Waals surface area contributed by atoms with E-state index in [4.69, 9.17) is 4.74 Å². The standard InChI is InChI=1S/C17H28O6/c1-3-5-6-7-8-9-10-11-13-17(15(19)20,16(21)22)23-14(18)12-4-2/h4,12H,3,5-11,13H2,1-2H3,(H,19,20)(H,21,22). The van der Waals surface area contributed by atoms with E-state index in [0.717, 1.165) is 31.8 Å². The van der Waals surface area contributed by atoms with E-state index < -0.39 is 23.5 Å². The Balaban J connectivity index is 4.46. The van der Waals surface area contributed by atoms with Gasteiger partial charge in [-0.25, -0.2) is 14.4 Å². The molecule has 0 saturated heterocycles. The summed E-state index contributed by atoms with van der Waals surface area (Å²) < 4.78 is 4.74. The monoisotopic (exact) mass is 328 g/mol. The third-order valence-electron chi connectivity index (χ3n) is 3.65. The first-order chi connectivity index (χ1) is 10.9. The molecule has 6 heteroatoms. The van der Waals surface area contributed by atoms with E-state index in [1.165, 1.54) is 25.3 Å². The van der Waals surface area contributed by atoms with Crippen molar-refractivity contribution in [3.05, 3.63) is 12.2 Å². The Labute approximate surface area is 137 Å². The molecule has 0 spiro atoms. The van der Waals surface area contributed by atoms with Crippen LogP contribution >= 0.6 is 0 Å². The summed E-state index contributed by atoms with van der Waals surface area (Å²) in [6.07, 6.45) is 9.92. The van der Waals surface area contributed by atoms with E-state index in [-0.39, 0.29) is 6.42 Å². The molecule has 6 nitrogen and oxygen atoms in total. The smallest absolute Gasteiger partial charge is 0.360 e. The Bertz CT molecular complexity index is 399. The normalized spacial score (nSPS) is 11.6. The number of allylic oxidation sites excluding steroid dienone is 1. The number of carboxylic acids is 2. The summed E-state index contributed by atoms with van der Waals surface area (Å²) in [6.45, 7) is 3.70. The van der Waals surface area contributed by atoms with Crippen LogP contribution in [0.5, 0.6) is 0 Å². The number of esters is 1. The van der Waals surface area contributed by atoms with E-state index in [1.807, 2.05) is 0 Å². The summed E-state index contributed by atoms with van der Waals surface area (Å²) in [5.41, 5.74) is -2.50.